The molecule has 3 aliphatic rings. The number of aliphatic imine (C=N–C) groups is 2. The van der Waals surface area contributed by atoms with Crippen LogP contribution in [0.3, 0.4) is 0 Å². The van der Waals surface area contributed by atoms with Crippen LogP contribution in [0.15, 0.2) is 54.9 Å². The molecule has 1 atom stereocenters. The molecule has 0 aromatic carbocycles. The number of nitrogens with zero attached hydrogens (tertiary/aromatic N) is 2. The smallest absolute Gasteiger partial charge is 0.0957 e. The summed E-state index contributed by atoms with van der Waals surface area (Å²) < 4.78 is 0. The van der Waals surface area contributed by atoms with Crippen LogP contribution in [0.5, 0.6) is 0 Å². The van der Waals surface area contributed by atoms with Crippen molar-refractivity contribution >= 4 is 34.8 Å². The molecule has 0 saturated heterocycles. The summed E-state index contributed by atoms with van der Waals surface area (Å²) in [6.07, 6.45) is 7.27. The normalized spacial score (nSPS) is 28.2. The molecule has 0 bridgehead atoms. The molecular formula is C15H15ClN2S. The lowest BCUT2D eigenvalue weighted by atomic mass is 9.98. The predicted octanol–water partition coefficient (Wildman–Crippen LogP) is 4.26. The maximum atomic E-state index is 6.28. The van der Waals surface area contributed by atoms with Gasteiger partial charge in [0.05, 0.1) is 22.5 Å². The molecule has 1 heterocycles. The number of hydrogen-bond acceptors (Lipinski definition) is 3. The number of rotatable bonds is 0. The van der Waals surface area contributed by atoms with Crippen molar-refractivity contribution in [3.8, 4) is 0 Å². The molecule has 0 aromatic heterocycles. The summed E-state index contributed by atoms with van der Waals surface area (Å²) >= 11 is 8.07. The largest absolute Gasteiger partial charge is 0.291 e. The monoisotopic (exact) mass is 290 g/mol. The van der Waals surface area contributed by atoms with Crippen LogP contribution in [-0.4, -0.2) is 23.8 Å². The van der Waals surface area contributed by atoms with Gasteiger partial charge in [-0.15, -0.1) is 11.6 Å². The van der Waals surface area contributed by atoms with Crippen molar-refractivity contribution in [3.63, 3.8) is 0 Å². The first-order chi connectivity index (χ1) is 9.08. The summed E-state index contributed by atoms with van der Waals surface area (Å²) in [6, 6.07) is 0. The second-order valence-electron chi connectivity index (χ2n) is 4.99. The summed E-state index contributed by atoms with van der Waals surface area (Å²) in [4.78, 5) is 11.4. The Kier molecular flexibility index (Phi) is 3.27. The SMILES string of the molecule is CN=C1C=C2SC3=C(C)CC(C)=CC3=NC2=CC1Cl. The van der Waals surface area contributed by atoms with Crippen molar-refractivity contribution in [2.24, 2.45) is 9.98 Å². The van der Waals surface area contributed by atoms with Gasteiger partial charge in [-0.25, -0.2) is 4.99 Å². The second-order valence-corrected chi connectivity index (χ2v) is 6.51. The highest BCUT2D eigenvalue weighted by Gasteiger charge is 2.27. The van der Waals surface area contributed by atoms with E-state index in [2.05, 4.69) is 31.0 Å². The molecule has 3 rings (SSSR count). The third kappa shape index (κ3) is 2.26. The fourth-order valence-corrected chi connectivity index (χ4v) is 3.84. The summed E-state index contributed by atoms with van der Waals surface area (Å²) in [7, 11) is 1.78. The van der Waals surface area contributed by atoms with E-state index in [1.165, 1.54) is 16.1 Å². The molecule has 4 heteroatoms. The van der Waals surface area contributed by atoms with E-state index >= 15 is 0 Å². The fraction of sp³-hybridized carbons (Fsp3) is 0.333. The van der Waals surface area contributed by atoms with Crippen LogP contribution in [0.4, 0.5) is 0 Å². The minimum absolute atomic E-state index is 0.172. The summed E-state index contributed by atoms with van der Waals surface area (Å²) in [5.74, 6) is 0. The highest BCUT2D eigenvalue weighted by Crippen LogP contribution is 2.44. The molecule has 0 saturated carbocycles. The van der Waals surface area contributed by atoms with E-state index in [0.29, 0.717) is 0 Å². The molecule has 0 aromatic rings. The third-order valence-electron chi connectivity index (χ3n) is 3.38. The molecule has 0 amide bonds. The summed E-state index contributed by atoms with van der Waals surface area (Å²) in [5, 5.41) is -0.172. The molecule has 0 radical (unpaired) electrons. The molecule has 0 fully saturated rings. The van der Waals surface area contributed by atoms with Gasteiger partial charge in [-0.2, -0.15) is 0 Å². The van der Waals surface area contributed by atoms with Gasteiger partial charge in [-0.1, -0.05) is 22.9 Å². The van der Waals surface area contributed by atoms with E-state index in [1.807, 2.05) is 6.08 Å². The van der Waals surface area contributed by atoms with Crippen molar-refractivity contribution in [1.82, 2.24) is 0 Å². The van der Waals surface area contributed by atoms with Crippen molar-refractivity contribution < 1.29 is 0 Å². The van der Waals surface area contributed by atoms with Crippen LogP contribution < -0.4 is 0 Å². The first-order valence-electron chi connectivity index (χ1n) is 6.27. The van der Waals surface area contributed by atoms with Crippen LogP contribution in [-0.2, 0) is 0 Å². The Bertz CT molecular complexity index is 633. The van der Waals surface area contributed by atoms with Crippen LogP contribution >= 0.6 is 23.4 Å². The number of allylic oxidation sites excluding steroid dienone is 6. The lowest BCUT2D eigenvalue weighted by molar-refractivity contribution is 1.09. The highest BCUT2D eigenvalue weighted by molar-refractivity contribution is 8.08. The van der Waals surface area contributed by atoms with Crippen LogP contribution in [0.25, 0.3) is 0 Å². The quantitative estimate of drug-likeness (QED) is 0.612. The molecule has 0 spiro atoms. The zero-order chi connectivity index (χ0) is 13.6. The van der Waals surface area contributed by atoms with Crippen molar-refractivity contribution in [3.05, 3.63) is 44.9 Å². The third-order valence-corrected chi connectivity index (χ3v) is 5.03. The first-order valence-corrected chi connectivity index (χ1v) is 7.52. The van der Waals surface area contributed by atoms with Crippen molar-refractivity contribution in [2.45, 2.75) is 25.6 Å². The average Bonchev–Trinajstić information content (AvgIpc) is 2.36. The first kappa shape index (κ1) is 12.9. The molecule has 1 unspecified atom stereocenters. The Morgan fingerprint density at radius 3 is 2.89 bits per heavy atom. The zero-order valence-corrected chi connectivity index (χ0v) is 12.8. The summed E-state index contributed by atoms with van der Waals surface area (Å²) in [5.41, 5.74) is 5.73. The Hall–Kier alpha value is -1.06. The van der Waals surface area contributed by atoms with Gasteiger partial charge in [0.25, 0.3) is 0 Å². The van der Waals surface area contributed by atoms with Gasteiger partial charge in [0.2, 0.25) is 0 Å². The molecule has 1 aliphatic heterocycles. The van der Waals surface area contributed by atoms with Crippen molar-refractivity contribution in [2.75, 3.05) is 7.05 Å². The van der Waals surface area contributed by atoms with Gasteiger partial charge in [0, 0.05) is 16.9 Å². The molecule has 98 valence electrons. The van der Waals surface area contributed by atoms with Crippen molar-refractivity contribution in [1.29, 1.82) is 0 Å². The second kappa shape index (κ2) is 4.80. The molecule has 2 aliphatic carbocycles. The number of fused-ring (bicyclic) bond motifs is 2. The van der Waals surface area contributed by atoms with Gasteiger partial charge in [-0.05, 0) is 38.5 Å². The van der Waals surface area contributed by atoms with Crippen LogP contribution in [0.2, 0.25) is 0 Å². The molecule has 19 heavy (non-hydrogen) atoms. The average molecular weight is 291 g/mol. The zero-order valence-electron chi connectivity index (χ0n) is 11.2. The fourth-order valence-electron chi connectivity index (χ4n) is 2.49. The minimum atomic E-state index is -0.172. The van der Waals surface area contributed by atoms with E-state index in [1.54, 1.807) is 18.8 Å². The maximum absolute atomic E-state index is 6.28. The van der Waals surface area contributed by atoms with E-state index in [9.17, 15) is 0 Å². The van der Waals surface area contributed by atoms with Gasteiger partial charge >= 0.3 is 0 Å². The van der Waals surface area contributed by atoms with E-state index < -0.39 is 0 Å². The predicted molar refractivity (Wildman–Crippen MR) is 85.3 cm³/mol. The maximum Gasteiger partial charge on any atom is 0.0957 e. The van der Waals surface area contributed by atoms with E-state index in [4.69, 9.17) is 16.6 Å². The van der Waals surface area contributed by atoms with Crippen LogP contribution in [0.1, 0.15) is 20.3 Å². The number of hydrogen-bond donors (Lipinski definition) is 0. The van der Waals surface area contributed by atoms with E-state index in [0.717, 1.165) is 28.4 Å². The Morgan fingerprint density at radius 2 is 2.16 bits per heavy atom. The lowest BCUT2D eigenvalue weighted by Gasteiger charge is -2.26. The highest BCUT2D eigenvalue weighted by atomic mass is 35.5. The number of alkyl halides is 1. The lowest BCUT2D eigenvalue weighted by Crippen LogP contribution is -2.19. The van der Waals surface area contributed by atoms with Gasteiger partial charge in [0.15, 0.2) is 0 Å². The summed E-state index contributed by atoms with van der Waals surface area (Å²) in [6.45, 7) is 4.34. The molecular weight excluding hydrogens is 276 g/mol. The Balaban J connectivity index is 2.11. The standard InChI is InChI=1S/C15H15ClN2S/c1-8-4-9(2)15-13(5-8)18-12-6-10(16)11(17-3)7-14(12)19-15/h5-7,10H,4H2,1-3H3. The Labute approximate surface area is 122 Å². The Morgan fingerprint density at radius 1 is 1.37 bits per heavy atom. The number of halogens is 1. The number of thioether (sulfide) groups is 1. The molecule has 2 nitrogen and oxygen atoms in total. The van der Waals surface area contributed by atoms with Crippen LogP contribution in [0, 0.1) is 0 Å². The van der Waals surface area contributed by atoms with Gasteiger partial charge < -0.3 is 0 Å². The van der Waals surface area contributed by atoms with E-state index in [-0.39, 0.29) is 5.38 Å². The topological polar surface area (TPSA) is 24.7 Å². The van der Waals surface area contributed by atoms with Gasteiger partial charge in [0.1, 0.15) is 0 Å². The minimum Gasteiger partial charge on any atom is -0.291 e. The molecule has 0 N–H and O–H groups in total. The van der Waals surface area contributed by atoms with Gasteiger partial charge in [-0.3, -0.25) is 4.99 Å².